The minimum atomic E-state index is 0.0593. The first-order chi connectivity index (χ1) is 12.2. The number of para-hydroxylation sites is 2. The highest BCUT2D eigenvalue weighted by Crippen LogP contribution is 2.24. The zero-order valence-electron chi connectivity index (χ0n) is 14.8. The molecule has 3 rings (SSSR count). The summed E-state index contributed by atoms with van der Waals surface area (Å²) in [6.07, 6.45) is 1.17. The number of aromatic nitrogens is 1. The third kappa shape index (κ3) is 4.02. The molecule has 130 valence electrons. The average Bonchev–Trinajstić information content (AvgIpc) is 2.89. The van der Waals surface area contributed by atoms with Gasteiger partial charge in [-0.05, 0) is 37.1 Å². The minimum Gasteiger partial charge on any atom is -0.494 e. The first-order valence-electron chi connectivity index (χ1n) is 8.64. The van der Waals surface area contributed by atoms with Crippen LogP contribution in [0.1, 0.15) is 24.1 Å². The molecule has 0 aliphatic carbocycles. The molecule has 3 aromatic rings. The molecule has 0 saturated carbocycles. The van der Waals surface area contributed by atoms with Gasteiger partial charge >= 0.3 is 0 Å². The molecule has 1 heterocycles. The molecule has 0 spiro atoms. The van der Waals surface area contributed by atoms with Gasteiger partial charge in [0.25, 0.3) is 0 Å². The van der Waals surface area contributed by atoms with Crippen LogP contribution in [-0.4, -0.2) is 17.1 Å². The van der Waals surface area contributed by atoms with E-state index >= 15 is 0 Å². The van der Waals surface area contributed by atoms with Crippen LogP contribution in [0, 0.1) is 6.92 Å². The van der Waals surface area contributed by atoms with Crippen LogP contribution < -0.4 is 10.1 Å². The molecule has 0 unspecified atom stereocenters. The summed E-state index contributed by atoms with van der Waals surface area (Å²) in [7, 11) is 2.06. The molecule has 1 N–H and O–H groups in total. The van der Waals surface area contributed by atoms with Gasteiger partial charge in [0.05, 0.1) is 6.61 Å². The summed E-state index contributed by atoms with van der Waals surface area (Å²) in [4.78, 5) is 12.1. The molecule has 0 aliphatic heterocycles. The lowest BCUT2D eigenvalue weighted by molar-refractivity contribution is -0.121. The second kappa shape index (κ2) is 7.88. The van der Waals surface area contributed by atoms with Gasteiger partial charge in [-0.3, -0.25) is 4.79 Å². The summed E-state index contributed by atoms with van der Waals surface area (Å²) in [5, 5.41) is 4.24. The summed E-state index contributed by atoms with van der Waals surface area (Å²) >= 11 is 0. The third-order valence-electron chi connectivity index (χ3n) is 4.55. The van der Waals surface area contributed by atoms with Crippen LogP contribution in [0.3, 0.4) is 0 Å². The fourth-order valence-corrected chi connectivity index (χ4v) is 3.04. The monoisotopic (exact) mass is 336 g/mol. The van der Waals surface area contributed by atoms with Crippen molar-refractivity contribution in [2.75, 3.05) is 6.61 Å². The van der Waals surface area contributed by atoms with Gasteiger partial charge in [0.1, 0.15) is 5.75 Å². The van der Waals surface area contributed by atoms with E-state index in [2.05, 4.69) is 36.0 Å². The molecule has 1 amide bonds. The number of carbonyl (C=O) groups is 1. The number of nitrogens with one attached hydrogen (secondary N) is 1. The lowest BCUT2D eigenvalue weighted by atomic mass is 10.1. The van der Waals surface area contributed by atoms with Crippen LogP contribution in [0.25, 0.3) is 10.9 Å². The number of carbonyl (C=O) groups excluding carboxylic acids is 1. The fourth-order valence-electron chi connectivity index (χ4n) is 3.04. The van der Waals surface area contributed by atoms with E-state index in [1.165, 1.54) is 22.2 Å². The fraction of sp³-hybridized carbons (Fsp3) is 0.286. The maximum Gasteiger partial charge on any atom is 0.220 e. The van der Waals surface area contributed by atoms with E-state index in [0.29, 0.717) is 26.0 Å². The SMILES string of the molecule is Cc1c(CNC(=O)CCCOc2ccccc2)c2ccccc2n1C. The minimum absolute atomic E-state index is 0.0593. The summed E-state index contributed by atoms with van der Waals surface area (Å²) in [5.41, 5.74) is 3.57. The molecule has 4 heteroatoms. The number of rotatable bonds is 7. The Labute approximate surface area is 148 Å². The van der Waals surface area contributed by atoms with E-state index in [1.807, 2.05) is 42.5 Å². The lowest BCUT2D eigenvalue weighted by Crippen LogP contribution is -2.23. The van der Waals surface area contributed by atoms with Gasteiger partial charge in [-0.15, -0.1) is 0 Å². The van der Waals surface area contributed by atoms with E-state index in [-0.39, 0.29) is 5.91 Å². The van der Waals surface area contributed by atoms with Gasteiger partial charge < -0.3 is 14.6 Å². The highest BCUT2D eigenvalue weighted by atomic mass is 16.5. The molecule has 0 bridgehead atoms. The summed E-state index contributed by atoms with van der Waals surface area (Å²) < 4.78 is 7.79. The van der Waals surface area contributed by atoms with Crippen molar-refractivity contribution < 1.29 is 9.53 Å². The molecule has 0 atom stereocenters. The highest BCUT2D eigenvalue weighted by molar-refractivity contribution is 5.86. The number of hydrogen-bond acceptors (Lipinski definition) is 2. The molecular weight excluding hydrogens is 312 g/mol. The first-order valence-corrected chi connectivity index (χ1v) is 8.64. The molecule has 2 aromatic carbocycles. The van der Waals surface area contributed by atoms with Crippen molar-refractivity contribution >= 4 is 16.8 Å². The summed E-state index contributed by atoms with van der Waals surface area (Å²) in [5.74, 6) is 0.901. The Morgan fingerprint density at radius 3 is 2.60 bits per heavy atom. The standard InChI is InChI=1S/C21H24N2O2/c1-16-19(18-11-6-7-12-20(18)23(16)2)15-22-21(24)13-8-14-25-17-9-4-3-5-10-17/h3-7,9-12H,8,13-15H2,1-2H3,(H,22,24). The van der Waals surface area contributed by atoms with Crippen LogP contribution in [-0.2, 0) is 18.4 Å². The largest absolute Gasteiger partial charge is 0.494 e. The zero-order chi connectivity index (χ0) is 17.6. The van der Waals surface area contributed by atoms with Crippen LogP contribution in [0.2, 0.25) is 0 Å². The Morgan fingerprint density at radius 1 is 1.08 bits per heavy atom. The number of fused-ring (bicyclic) bond motifs is 1. The Bertz CT molecular complexity index is 853. The number of aryl methyl sites for hydroxylation is 1. The normalized spacial score (nSPS) is 10.8. The predicted molar refractivity (Wildman–Crippen MR) is 101 cm³/mol. The second-order valence-corrected chi connectivity index (χ2v) is 6.18. The van der Waals surface area contributed by atoms with E-state index < -0.39 is 0 Å². The van der Waals surface area contributed by atoms with Gasteiger partial charge in [0, 0.05) is 36.6 Å². The molecule has 1 aromatic heterocycles. The van der Waals surface area contributed by atoms with Crippen molar-refractivity contribution in [2.45, 2.75) is 26.3 Å². The van der Waals surface area contributed by atoms with Crippen LogP contribution in [0.15, 0.2) is 54.6 Å². The molecular formula is C21H24N2O2. The lowest BCUT2D eigenvalue weighted by Gasteiger charge is -2.08. The van der Waals surface area contributed by atoms with Gasteiger partial charge in [0.2, 0.25) is 5.91 Å². The first kappa shape index (κ1) is 17.1. The van der Waals surface area contributed by atoms with E-state index in [4.69, 9.17) is 4.74 Å². The molecule has 0 fully saturated rings. The maximum atomic E-state index is 12.1. The average molecular weight is 336 g/mol. The van der Waals surface area contributed by atoms with Crippen molar-refractivity contribution in [3.05, 3.63) is 65.9 Å². The zero-order valence-corrected chi connectivity index (χ0v) is 14.8. The molecule has 4 nitrogen and oxygen atoms in total. The predicted octanol–water partition coefficient (Wildman–Crippen LogP) is 3.96. The number of amides is 1. The maximum absolute atomic E-state index is 12.1. The quantitative estimate of drug-likeness (QED) is 0.664. The van der Waals surface area contributed by atoms with Crippen LogP contribution in [0.4, 0.5) is 0 Å². The van der Waals surface area contributed by atoms with Crippen molar-refractivity contribution in [2.24, 2.45) is 7.05 Å². The number of benzene rings is 2. The Morgan fingerprint density at radius 2 is 1.80 bits per heavy atom. The molecule has 0 saturated heterocycles. The Hall–Kier alpha value is -2.75. The molecule has 25 heavy (non-hydrogen) atoms. The van der Waals surface area contributed by atoms with Crippen molar-refractivity contribution in [3.8, 4) is 5.75 Å². The van der Waals surface area contributed by atoms with Crippen molar-refractivity contribution in [3.63, 3.8) is 0 Å². The van der Waals surface area contributed by atoms with Gasteiger partial charge in [-0.1, -0.05) is 36.4 Å². The Kier molecular flexibility index (Phi) is 5.39. The summed E-state index contributed by atoms with van der Waals surface area (Å²) in [6.45, 7) is 3.20. The second-order valence-electron chi connectivity index (χ2n) is 6.18. The number of nitrogens with zero attached hydrogens (tertiary/aromatic N) is 1. The van der Waals surface area contributed by atoms with E-state index in [9.17, 15) is 4.79 Å². The van der Waals surface area contributed by atoms with Gasteiger partial charge in [0.15, 0.2) is 0 Å². The third-order valence-corrected chi connectivity index (χ3v) is 4.55. The van der Waals surface area contributed by atoms with Gasteiger partial charge in [-0.2, -0.15) is 0 Å². The van der Waals surface area contributed by atoms with Gasteiger partial charge in [-0.25, -0.2) is 0 Å². The van der Waals surface area contributed by atoms with Crippen molar-refractivity contribution in [1.82, 2.24) is 9.88 Å². The summed E-state index contributed by atoms with van der Waals surface area (Å²) in [6, 6.07) is 18.0. The van der Waals surface area contributed by atoms with Crippen LogP contribution >= 0.6 is 0 Å². The topological polar surface area (TPSA) is 43.3 Å². The van der Waals surface area contributed by atoms with E-state index in [0.717, 1.165) is 5.75 Å². The molecule has 0 aliphatic rings. The smallest absolute Gasteiger partial charge is 0.220 e. The van der Waals surface area contributed by atoms with Crippen molar-refractivity contribution in [1.29, 1.82) is 0 Å². The number of hydrogen-bond donors (Lipinski definition) is 1. The molecule has 0 radical (unpaired) electrons. The van der Waals surface area contributed by atoms with Crippen LogP contribution in [0.5, 0.6) is 5.75 Å². The Balaban J connectivity index is 1.49. The highest BCUT2D eigenvalue weighted by Gasteiger charge is 2.12. The number of ether oxygens (including phenoxy) is 1. The van der Waals surface area contributed by atoms with E-state index in [1.54, 1.807) is 0 Å².